The molecule has 0 saturated carbocycles. The summed E-state index contributed by atoms with van der Waals surface area (Å²) in [6.45, 7) is 0. The van der Waals surface area contributed by atoms with Gasteiger partial charge in [0.25, 0.3) is 0 Å². The van der Waals surface area contributed by atoms with E-state index in [9.17, 15) is 18.3 Å². The number of nitrogens with zero attached hydrogens (tertiary/aromatic N) is 2. The number of aromatic nitrogens is 2. The van der Waals surface area contributed by atoms with Crippen molar-refractivity contribution in [3.63, 3.8) is 0 Å². The largest absolute Gasteiger partial charge is 0.418 e. The maximum atomic E-state index is 12.6. The van der Waals surface area contributed by atoms with Crippen LogP contribution in [0.3, 0.4) is 0 Å². The fraction of sp³-hybridized carbons (Fsp3) is 0.143. The van der Waals surface area contributed by atoms with Gasteiger partial charge in [-0.2, -0.15) is 13.2 Å². The van der Waals surface area contributed by atoms with Crippen molar-refractivity contribution in [1.29, 1.82) is 0 Å². The molecule has 0 saturated heterocycles. The molecule has 1 unspecified atom stereocenters. The first-order chi connectivity index (χ1) is 9.95. The third-order valence-corrected chi connectivity index (χ3v) is 3.10. The van der Waals surface area contributed by atoms with Crippen molar-refractivity contribution in [2.45, 2.75) is 12.3 Å². The molecule has 1 aromatic heterocycles. The molecule has 1 N–H and O–H groups in total. The fourth-order valence-corrected chi connectivity index (χ4v) is 2.04. The number of aliphatic hydroxyl groups excluding tert-OH is 1. The minimum atomic E-state index is -4.70. The first-order valence-electron chi connectivity index (χ1n) is 6.02. The number of benzene rings is 2. The number of halogens is 3. The summed E-state index contributed by atoms with van der Waals surface area (Å²) < 4.78 is 42.2. The molecule has 0 aliphatic carbocycles. The van der Waals surface area contributed by atoms with Crippen molar-refractivity contribution < 1.29 is 22.9 Å². The number of rotatable bonds is 2. The van der Waals surface area contributed by atoms with E-state index in [1.807, 2.05) is 0 Å². The first-order valence-corrected chi connectivity index (χ1v) is 6.02. The maximum absolute atomic E-state index is 12.6. The lowest BCUT2D eigenvalue weighted by Crippen LogP contribution is -2.20. The minimum absolute atomic E-state index is 0.210. The zero-order valence-corrected chi connectivity index (χ0v) is 10.5. The lowest BCUT2D eigenvalue weighted by Gasteiger charge is -2.15. The van der Waals surface area contributed by atoms with Gasteiger partial charge < -0.3 is 5.11 Å². The second kappa shape index (κ2) is 4.85. The van der Waals surface area contributed by atoms with E-state index in [2.05, 4.69) is 14.9 Å². The third-order valence-electron chi connectivity index (χ3n) is 3.10. The highest BCUT2D eigenvalue weighted by molar-refractivity contribution is 5.80. The molecule has 0 bridgehead atoms. The third kappa shape index (κ3) is 2.59. The summed E-state index contributed by atoms with van der Waals surface area (Å²) in [4.78, 5) is 0. The van der Waals surface area contributed by atoms with Crippen LogP contribution in [0.1, 0.15) is 11.7 Å². The van der Waals surface area contributed by atoms with Gasteiger partial charge in [-0.05, 0) is 45.2 Å². The van der Waals surface area contributed by atoms with E-state index in [1.165, 1.54) is 18.2 Å². The predicted octanol–water partition coefficient (Wildman–Crippen LogP) is 3.49. The molecule has 0 amide bonds. The van der Waals surface area contributed by atoms with Crippen molar-refractivity contribution in [2.24, 2.45) is 0 Å². The van der Waals surface area contributed by atoms with Crippen molar-refractivity contribution >= 4 is 11.0 Å². The number of aliphatic hydroxyl groups is 1. The lowest BCUT2D eigenvalue weighted by molar-refractivity contribution is -0.206. The summed E-state index contributed by atoms with van der Waals surface area (Å²) in [5.41, 5.74) is 2.06. The summed E-state index contributed by atoms with van der Waals surface area (Å²) in [6.07, 6.45) is -7.20. The van der Waals surface area contributed by atoms with E-state index in [4.69, 9.17) is 0 Å². The average Bonchev–Trinajstić information content (AvgIpc) is 2.93. The highest BCUT2D eigenvalue weighted by Gasteiger charge is 2.39. The van der Waals surface area contributed by atoms with E-state index >= 15 is 0 Å². The quantitative estimate of drug-likeness (QED) is 0.786. The van der Waals surface area contributed by atoms with Crippen molar-refractivity contribution in [2.75, 3.05) is 0 Å². The molecule has 0 aliphatic heterocycles. The molecule has 21 heavy (non-hydrogen) atoms. The Balaban J connectivity index is 2.02. The molecule has 108 valence electrons. The fourth-order valence-electron chi connectivity index (χ4n) is 2.04. The van der Waals surface area contributed by atoms with E-state index in [-0.39, 0.29) is 5.56 Å². The molecule has 0 spiro atoms. The predicted molar refractivity (Wildman–Crippen MR) is 68.3 cm³/mol. The van der Waals surface area contributed by atoms with Gasteiger partial charge in [0, 0.05) is 0 Å². The molecular weight excluding hydrogens is 285 g/mol. The van der Waals surface area contributed by atoms with E-state index in [0.717, 1.165) is 0 Å². The van der Waals surface area contributed by atoms with Gasteiger partial charge >= 0.3 is 6.18 Å². The zero-order valence-electron chi connectivity index (χ0n) is 10.5. The Bertz CT molecular complexity index is 783. The van der Waals surface area contributed by atoms with Crippen LogP contribution in [0.15, 0.2) is 47.1 Å². The highest BCUT2D eigenvalue weighted by atomic mass is 19.4. The van der Waals surface area contributed by atoms with Crippen LogP contribution in [0.5, 0.6) is 0 Å². The van der Waals surface area contributed by atoms with E-state index < -0.39 is 12.3 Å². The van der Waals surface area contributed by atoms with Gasteiger partial charge in [-0.3, -0.25) is 0 Å². The summed E-state index contributed by atoms with van der Waals surface area (Å²) >= 11 is 0. The molecular formula is C14H9F3N2O2. The van der Waals surface area contributed by atoms with Gasteiger partial charge in [0.2, 0.25) is 0 Å². The summed E-state index contributed by atoms with van der Waals surface area (Å²) in [7, 11) is 0. The van der Waals surface area contributed by atoms with Crippen molar-refractivity contribution in [1.82, 2.24) is 10.3 Å². The Labute approximate surface area is 116 Å². The van der Waals surface area contributed by atoms with Gasteiger partial charge in [0.1, 0.15) is 11.0 Å². The SMILES string of the molecule is OC(c1cccc(-c2ccc3nonc3c2)c1)C(F)(F)F. The molecule has 0 radical (unpaired) electrons. The van der Waals surface area contributed by atoms with Crippen LogP contribution in [0, 0.1) is 0 Å². The molecule has 4 nitrogen and oxygen atoms in total. The number of alkyl halides is 3. The van der Waals surface area contributed by atoms with Crippen LogP contribution in [0.2, 0.25) is 0 Å². The second-order valence-electron chi connectivity index (χ2n) is 4.54. The molecule has 3 aromatic rings. The number of fused-ring (bicyclic) bond motifs is 1. The van der Waals surface area contributed by atoms with Gasteiger partial charge in [-0.1, -0.05) is 24.3 Å². The normalized spacial score (nSPS) is 13.5. The summed E-state index contributed by atoms with van der Waals surface area (Å²) in [5.74, 6) is 0. The smallest absolute Gasteiger partial charge is 0.379 e. The second-order valence-corrected chi connectivity index (χ2v) is 4.54. The van der Waals surface area contributed by atoms with Gasteiger partial charge in [0.05, 0.1) is 0 Å². The molecule has 2 aromatic carbocycles. The summed E-state index contributed by atoms with van der Waals surface area (Å²) in [6, 6.07) is 10.7. The Morgan fingerprint density at radius 3 is 2.43 bits per heavy atom. The van der Waals surface area contributed by atoms with Gasteiger partial charge in [-0.25, -0.2) is 4.63 Å². The Morgan fingerprint density at radius 1 is 0.952 bits per heavy atom. The van der Waals surface area contributed by atoms with Crippen LogP contribution < -0.4 is 0 Å². The monoisotopic (exact) mass is 294 g/mol. The Morgan fingerprint density at radius 2 is 1.67 bits per heavy atom. The summed E-state index contributed by atoms with van der Waals surface area (Å²) in [5, 5.41) is 16.6. The van der Waals surface area contributed by atoms with Crippen molar-refractivity contribution in [3.05, 3.63) is 48.0 Å². The standard InChI is InChI=1S/C14H9F3N2O2/c15-14(16,17)13(20)10-3-1-2-8(6-10)9-4-5-11-12(7-9)19-21-18-11/h1-7,13,20H. The molecule has 7 heteroatoms. The zero-order chi connectivity index (χ0) is 15.0. The maximum Gasteiger partial charge on any atom is 0.418 e. The Hall–Kier alpha value is -2.41. The molecule has 1 atom stereocenters. The Kier molecular flexibility index (Phi) is 3.13. The molecule has 0 aliphatic rings. The van der Waals surface area contributed by atoms with Crippen molar-refractivity contribution in [3.8, 4) is 11.1 Å². The first kappa shape index (κ1) is 13.6. The lowest BCUT2D eigenvalue weighted by atomic mass is 10.00. The molecule has 1 heterocycles. The average molecular weight is 294 g/mol. The molecule has 3 rings (SSSR count). The van der Waals surface area contributed by atoms with Crippen LogP contribution in [0.4, 0.5) is 13.2 Å². The minimum Gasteiger partial charge on any atom is -0.379 e. The van der Waals surface area contributed by atoms with Gasteiger partial charge in [0.15, 0.2) is 6.10 Å². The van der Waals surface area contributed by atoms with Crippen LogP contribution in [-0.4, -0.2) is 21.6 Å². The van der Waals surface area contributed by atoms with Crippen LogP contribution in [-0.2, 0) is 0 Å². The highest BCUT2D eigenvalue weighted by Crippen LogP contribution is 2.34. The van der Waals surface area contributed by atoms with E-state index in [1.54, 1.807) is 24.3 Å². The number of hydrogen-bond donors (Lipinski definition) is 1. The van der Waals surface area contributed by atoms with Crippen LogP contribution >= 0.6 is 0 Å². The van der Waals surface area contributed by atoms with E-state index in [0.29, 0.717) is 22.2 Å². The molecule has 0 fully saturated rings. The van der Waals surface area contributed by atoms with Crippen LogP contribution in [0.25, 0.3) is 22.2 Å². The number of hydrogen-bond acceptors (Lipinski definition) is 4. The van der Waals surface area contributed by atoms with Gasteiger partial charge in [-0.15, -0.1) is 0 Å². The topological polar surface area (TPSA) is 59.2 Å².